The van der Waals surface area contributed by atoms with Gasteiger partial charge in [0.2, 0.25) is 0 Å². The van der Waals surface area contributed by atoms with E-state index in [1.807, 2.05) is 6.92 Å². The fraction of sp³-hybridized carbons (Fsp3) is 0.188. The zero-order valence-electron chi connectivity index (χ0n) is 12.4. The van der Waals surface area contributed by atoms with Crippen molar-refractivity contribution in [1.29, 1.82) is 0 Å². The van der Waals surface area contributed by atoms with Crippen LogP contribution in [0.25, 0.3) is 11.0 Å². The fourth-order valence-electron chi connectivity index (χ4n) is 2.35. The Morgan fingerprint density at radius 1 is 1.35 bits per heavy atom. The van der Waals surface area contributed by atoms with E-state index < -0.39 is 5.82 Å². The molecule has 0 radical (unpaired) electrons. The molecular formula is C16H14ClFN4O. The van der Waals surface area contributed by atoms with E-state index in [1.54, 1.807) is 29.1 Å². The molecule has 0 aliphatic carbocycles. The lowest BCUT2D eigenvalue weighted by atomic mass is 10.2. The molecule has 1 aromatic carbocycles. The lowest BCUT2D eigenvalue weighted by molar-refractivity contribution is 0.627. The van der Waals surface area contributed by atoms with Crippen molar-refractivity contribution in [3.8, 4) is 0 Å². The van der Waals surface area contributed by atoms with E-state index in [0.717, 1.165) is 5.56 Å². The number of rotatable bonds is 4. The van der Waals surface area contributed by atoms with Crippen molar-refractivity contribution < 1.29 is 4.39 Å². The van der Waals surface area contributed by atoms with Crippen LogP contribution in [0.2, 0.25) is 5.02 Å². The third-order valence-electron chi connectivity index (χ3n) is 3.51. The van der Waals surface area contributed by atoms with Crippen LogP contribution < -0.4 is 10.9 Å². The van der Waals surface area contributed by atoms with Crippen LogP contribution in [0, 0.1) is 5.82 Å². The first-order valence-corrected chi connectivity index (χ1v) is 7.50. The molecule has 0 spiro atoms. The van der Waals surface area contributed by atoms with Gasteiger partial charge in [0.05, 0.1) is 22.3 Å². The molecule has 0 fully saturated rings. The number of hydrogen-bond donors (Lipinski definition) is 1. The van der Waals surface area contributed by atoms with Gasteiger partial charge in [-0.1, -0.05) is 17.7 Å². The van der Waals surface area contributed by atoms with Gasteiger partial charge in [-0.3, -0.25) is 9.78 Å². The van der Waals surface area contributed by atoms with Gasteiger partial charge >= 0.3 is 0 Å². The Balaban J connectivity index is 1.95. The van der Waals surface area contributed by atoms with Crippen molar-refractivity contribution in [2.45, 2.75) is 20.0 Å². The summed E-state index contributed by atoms with van der Waals surface area (Å²) in [6.45, 7) is 2.72. The van der Waals surface area contributed by atoms with Gasteiger partial charge in [-0.15, -0.1) is 0 Å². The molecule has 5 nitrogen and oxygen atoms in total. The fourth-order valence-corrected chi connectivity index (χ4v) is 2.55. The van der Waals surface area contributed by atoms with Crippen LogP contribution in [-0.4, -0.2) is 14.5 Å². The first-order chi connectivity index (χ1) is 11.1. The minimum absolute atomic E-state index is 0.0489. The molecule has 3 aromatic rings. The third-order valence-corrected chi connectivity index (χ3v) is 3.80. The summed E-state index contributed by atoms with van der Waals surface area (Å²) in [5.41, 5.74) is 1.91. The van der Waals surface area contributed by atoms with E-state index >= 15 is 0 Å². The summed E-state index contributed by atoms with van der Waals surface area (Å²) in [6.07, 6.45) is 3.25. The van der Waals surface area contributed by atoms with Crippen LogP contribution in [-0.2, 0) is 13.1 Å². The van der Waals surface area contributed by atoms with Gasteiger partial charge in [-0.25, -0.2) is 9.37 Å². The van der Waals surface area contributed by atoms with Crippen LogP contribution in [0.1, 0.15) is 12.5 Å². The predicted molar refractivity (Wildman–Crippen MR) is 88.2 cm³/mol. The van der Waals surface area contributed by atoms with Crippen molar-refractivity contribution in [2.75, 3.05) is 5.32 Å². The smallest absolute Gasteiger partial charge is 0.293 e. The highest BCUT2D eigenvalue weighted by atomic mass is 35.5. The lowest BCUT2D eigenvalue weighted by Crippen LogP contribution is -2.25. The zero-order chi connectivity index (χ0) is 16.4. The number of nitrogens with one attached hydrogen (secondary N) is 1. The minimum atomic E-state index is -0.472. The Morgan fingerprint density at radius 3 is 2.91 bits per heavy atom. The average molecular weight is 333 g/mol. The number of halogens is 2. The maximum absolute atomic E-state index is 13.2. The van der Waals surface area contributed by atoms with Gasteiger partial charge in [0.15, 0.2) is 5.82 Å². The van der Waals surface area contributed by atoms with E-state index in [9.17, 15) is 9.18 Å². The highest BCUT2D eigenvalue weighted by Gasteiger charge is 2.10. The third kappa shape index (κ3) is 3.03. The zero-order valence-corrected chi connectivity index (χ0v) is 13.1. The first kappa shape index (κ1) is 15.4. The monoisotopic (exact) mass is 332 g/mol. The van der Waals surface area contributed by atoms with Gasteiger partial charge in [0.25, 0.3) is 5.56 Å². The summed E-state index contributed by atoms with van der Waals surface area (Å²) in [6, 6.07) is 6.18. The Morgan fingerprint density at radius 2 is 2.17 bits per heavy atom. The normalized spacial score (nSPS) is 10.9. The molecule has 1 N–H and O–H groups in total. The molecule has 0 unspecified atom stereocenters. The van der Waals surface area contributed by atoms with Crippen LogP contribution in [0.5, 0.6) is 0 Å². The standard InChI is InChI=1S/C16H14ClFN4O/c1-2-22-14-9-19-6-5-13(14)21-15(16(22)23)20-8-10-3-4-12(18)11(17)7-10/h3-7,9H,2,8H2,1H3,(H,20,21). The van der Waals surface area contributed by atoms with Crippen LogP contribution in [0.15, 0.2) is 41.5 Å². The summed E-state index contributed by atoms with van der Waals surface area (Å²) < 4.78 is 14.8. The van der Waals surface area contributed by atoms with Crippen molar-refractivity contribution in [3.63, 3.8) is 0 Å². The molecule has 0 amide bonds. The quantitative estimate of drug-likeness (QED) is 0.797. The van der Waals surface area contributed by atoms with Gasteiger partial charge in [0, 0.05) is 19.3 Å². The topological polar surface area (TPSA) is 59.8 Å². The number of benzene rings is 1. The average Bonchev–Trinajstić information content (AvgIpc) is 2.56. The summed E-state index contributed by atoms with van der Waals surface area (Å²) in [4.78, 5) is 20.9. The SMILES string of the molecule is CCn1c(=O)c(NCc2ccc(F)c(Cl)c2)nc2ccncc21. The largest absolute Gasteiger partial charge is 0.361 e. The van der Waals surface area contributed by atoms with E-state index in [-0.39, 0.29) is 16.4 Å². The molecule has 2 aromatic heterocycles. The highest BCUT2D eigenvalue weighted by Crippen LogP contribution is 2.17. The number of nitrogens with zero attached hydrogens (tertiary/aromatic N) is 3. The Kier molecular flexibility index (Phi) is 4.25. The molecule has 0 aliphatic heterocycles. The molecular weight excluding hydrogens is 319 g/mol. The minimum Gasteiger partial charge on any atom is -0.361 e. The second-order valence-corrected chi connectivity index (χ2v) is 5.38. The van der Waals surface area contributed by atoms with Crippen molar-refractivity contribution in [2.24, 2.45) is 0 Å². The summed E-state index contributed by atoms with van der Waals surface area (Å²) in [5.74, 6) is -0.230. The highest BCUT2D eigenvalue weighted by molar-refractivity contribution is 6.30. The molecule has 0 saturated heterocycles. The maximum Gasteiger partial charge on any atom is 0.293 e. The summed E-state index contributed by atoms with van der Waals surface area (Å²) >= 11 is 5.76. The number of fused-ring (bicyclic) bond motifs is 1. The molecule has 2 heterocycles. The molecule has 0 atom stereocenters. The van der Waals surface area contributed by atoms with Gasteiger partial charge in [-0.05, 0) is 30.7 Å². The van der Waals surface area contributed by atoms with Crippen LogP contribution in [0.3, 0.4) is 0 Å². The number of aryl methyl sites for hydroxylation is 1. The van der Waals surface area contributed by atoms with E-state index in [0.29, 0.717) is 24.1 Å². The maximum atomic E-state index is 13.2. The van der Waals surface area contributed by atoms with Crippen molar-refractivity contribution in [1.82, 2.24) is 14.5 Å². The van der Waals surface area contributed by atoms with Crippen molar-refractivity contribution >= 4 is 28.5 Å². The molecule has 0 aliphatic rings. The predicted octanol–water partition coefficient (Wildman–Crippen LogP) is 3.22. The number of pyridine rings is 1. The molecule has 7 heteroatoms. The van der Waals surface area contributed by atoms with Crippen LogP contribution in [0.4, 0.5) is 10.2 Å². The summed E-state index contributed by atoms with van der Waals surface area (Å²) in [7, 11) is 0. The summed E-state index contributed by atoms with van der Waals surface area (Å²) in [5, 5.41) is 3.05. The molecule has 23 heavy (non-hydrogen) atoms. The molecule has 0 saturated carbocycles. The van der Waals surface area contributed by atoms with E-state index in [4.69, 9.17) is 11.6 Å². The molecule has 0 bridgehead atoms. The Labute approximate surface area is 136 Å². The second kappa shape index (κ2) is 6.34. The Bertz CT molecular complexity index is 926. The second-order valence-electron chi connectivity index (χ2n) is 4.98. The Hall–Kier alpha value is -2.47. The van der Waals surface area contributed by atoms with Crippen molar-refractivity contribution in [3.05, 3.63) is 63.4 Å². The first-order valence-electron chi connectivity index (χ1n) is 7.12. The lowest BCUT2D eigenvalue weighted by Gasteiger charge is -2.11. The molecule has 118 valence electrons. The number of hydrogen-bond acceptors (Lipinski definition) is 4. The number of anilines is 1. The van der Waals surface area contributed by atoms with Gasteiger partial charge in [-0.2, -0.15) is 0 Å². The van der Waals surface area contributed by atoms with E-state index in [2.05, 4.69) is 15.3 Å². The van der Waals surface area contributed by atoms with E-state index in [1.165, 1.54) is 12.1 Å². The number of aromatic nitrogens is 3. The van der Waals surface area contributed by atoms with Crippen LogP contribution >= 0.6 is 11.6 Å². The molecule has 3 rings (SSSR count). The van der Waals surface area contributed by atoms with Gasteiger partial charge in [0.1, 0.15) is 5.82 Å². The van der Waals surface area contributed by atoms with Gasteiger partial charge < -0.3 is 9.88 Å².